The van der Waals surface area contributed by atoms with Gasteiger partial charge < -0.3 is 14.2 Å². The Labute approximate surface area is 167 Å². The smallest absolute Gasteiger partial charge is 0.344 e. The van der Waals surface area contributed by atoms with Crippen LogP contribution in [0, 0.1) is 29.1 Å². The molecule has 1 aromatic carbocycles. The summed E-state index contributed by atoms with van der Waals surface area (Å²) in [5.41, 5.74) is -1.63. The molecule has 0 saturated heterocycles. The molecule has 0 fully saturated rings. The maximum Gasteiger partial charge on any atom is 0.344 e. The molecule has 0 aliphatic rings. The number of halogens is 5. The van der Waals surface area contributed by atoms with Crippen LogP contribution in [0.2, 0.25) is 0 Å². The standard InChI is InChI=1S/C20H27F5O4/c1-3-5-7-9-27-11-13(28-10-8-6-4-2)12-29-20(26)14-15(21)17(23)19(25)18(24)16(14)22/h13H,3-12H2,1-2H3/t13-/m1/s1. The van der Waals surface area contributed by atoms with Crippen LogP contribution < -0.4 is 0 Å². The van der Waals surface area contributed by atoms with Gasteiger partial charge in [0.05, 0.1) is 6.61 Å². The number of hydrogen-bond acceptors (Lipinski definition) is 4. The second kappa shape index (κ2) is 13.5. The van der Waals surface area contributed by atoms with Crippen molar-refractivity contribution in [3.05, 3.63) is 34.6 Å². The van der Waals surface area contributed by atoms with Gasteiger partial charge in [-0.05, 0) is 12.8 Å². The molecule has 1 aromatic rings. The van der Waals surface area contributed by atoms with Crippen LogP contribution in [-0.2, 0) is 14.2 Å². The third kappa shape index (κ3) is 7.89. The first kappa shape index (κ1) is 25.3. The highest BCUT2D eigenvalue weighted by atomic mass is 19.2. The van der Waals surface area contributed by atoms with Gasteiger partial charge in [-0.25, -0.2) is 26.7 Å². The van der Waals surface area contributed by atoms with Crippen LogP contribution in [0.5, 0.6) is 0 Å². The van der Waals surface area contributed by atoms with Gasteiger partial charge in [0.2, 0.25) is 5.82 Å². The minimum absolute atomic E-state index is 0.0697. The van der Waals surface area contributed by atoms with Gasteiger partial charge in [0.25, 0.3) is 0 Å². The maximum absolute atomic E-state index is 13.7. The maximum atomic E-state index is 13.7. The van der Waals surface area contributed by atoms with E-state index in [1.165, 1.54) is 0 Å². The van der Waals surface area contributed by atoms with Crippen molar-refractivity contribution >= 4 is 5.97 Å². The fraction of sp³-hybridized carbons (Fsp3) is 0.650. The molecule has 29 heavy (non-hydrogen) atoms. The molecule has 0 spiro atoms. The van der Waals surface area contributed by atoms with Crippen LogP contribution >= 0.6 is 0 Å². The van der Waals surface area contributed by atoms with Crippen LogP contribution in [-0.4, -0.2) is 38.5 Å². The minimum atomic E-state index is -2.34. The second-order valence-corrected chi connectivity index (χ2v) is 6.53. The number of benzene rings is 1. The lowest BCUT2D eigenvalue weighted by atomic mass is 10.1. The van der Waals surface area contributed by atoms with Crippen LogP contribution in [0.15, 0.2) is 0 Å². The average molecular weight is 426 g/mol. The van der Waals surface area contributed by atoms with E-state index in [9.17, 15) is 26.7 Å². The molecule has 0 N–H and O–H groups in total. The minimum Gasteiger partial charge on any atom is -0.459 e. The zero-order valence-electron chi connectivity index (χ0n) is 16.7. The molecule has 0 saturated carbocycles. The molecule has 9 heteroatoms. The number of carbonyl (C=O) groups excluding carboxylic acids is 1. The Morgan fingerprint density at radius 1 is 0.759 bits per heavy atom. The van der Waals surface area contributed by atoms with Gasteiger partial charge in [0.1, 0.15) is 18.3 Å². The van der Waals surface area contributed by atoms with Crippen molar-refractivity contribution in [3.63, 3.8) is 0 Å². The summed E-state index contributed by atoms with van der Waals surface area (Å²) in [4.78, 5) is 11.9. The molecule has 0 aliphatic carbocycles. The van der Waals surface area contributed by atoms with Gasteiger partial charge in [-0.15, -0.1) is 0 Å². The molecule has 1 atom stereocenters. The van der Waals surface area contributed by atoms with Crippen LogP contribution in [0.25, 0.3) is 0 Å². The highest BCUT2D eigenvalue weighted by Crippen LogP contribution is 2.23. The Morgan fingerprint density at radius 3 is 1.83 bits per heavy atom. The van der Waals surface area contributed by atoms with Crippen molar-refractivity contribution in [1.82, 2.24) is 0 Å². The molecule has 166 valence electrons. The first-order chi connectivity index (χ1) is 13.8. The third-order valence-corrected chi connectivity index (χ3v) is 4.11. The fourth-order valence-corrected chi connectivity index (χ4v) is 2.44. The van der Waals surface area contributed by atoms with Crippen molar-refractivity contribution in [1.29, 1.82) is 0 Å². The monoisotopic (exact) mass is 426 g/mol. The first-order valence-electron chi connectivity index (χ1n) is 9.72. The lowest BCUT2D eigenvalue weighted by Gasteiger charge is -2.18. The summed E-state index contributed by atoms with van der Waals surface area (Å²) in [6.45, 7) is 4.50. The molecule has 0 unspecified atom stereocenters. The Bertz CT molecular complexity index is 625. The number of esters is 1. The highest BCUT2D eigenvalue weighted by Gasteiger charge is 2.31. The van der Waals surface area contributed by atoms with E-state index in [4.69, 9.17) is 14.2 Å². The van der Waals surface area contributed by atoms with Crippen molar-refractivity contribution in [3.8, 4) is 0 Å². The van der Waals surface area contributed by atoms with Crippen molar-refractivity contribution < 1.29 is 41.0 Å². The van der Waals surface area contributed by atoms with Crippen LogP contribution in [0.1, 0.15) is 62.7 Å². The van der Waals surface area contributed by atoms with Crippen molar-refractivity contribution in [2.75, 3.05) is 26.4 Å². The lowest BCUT2D eigenvalue weighted by Crippen LogP contribution is -2.28. The largest absolute Gasteiger partial charge is 0.459 e. The summed E-state index contributed by atoms with van der Waals surface area (Å²) in [6.07, 6.45) is 4.76. The molecule has 4 nitrogen and oxygen atoms in total. The second-order valence-electron chi connectivity index (χ2n) is 6.53. The van der Waals surface area contributed by atoms with Gasteiger partial charge in [0, 0.05) is 13.2 Å². The first-order valence-corrected chi connectivity index (χ1v) is 9.72. The summed E-state index contributed by atoms with van der Waals surface area (Å²) < 4.78 is 82.8. The van der Waals surface area contributed by atoms with E-state index < -0.39 is 53.3 Å². The molecule has 0 amide bonds. The quantitative estimate of drug-likeness (QED) is 0.133. The third-order valence-electron chi connectivity index (χ3n) is 4.11. The van der Waals surface area contributed by atoms with Crippen LogP contribution in [0.4, 0.5) is 22.0 Å². The molecule has 0 bridgehead atoms. The van der Waals surface area contributed by atoms with E-state index >= 15 is 0 Å². The predicted octanol–water partition coefficient (Wildman–Crippen LogP) is 5.32. The van der Waals surface area contributed by atoms with Crippen molar-refractivity contribution in [2.45, 2.75) is 58.5 Å². The van der Waals surface area contributed by atoms with Gasteiger partial charge >= 0.3 is 5.97 Å². The summed E-state index contributed by atoms with van der Waals surface area (Å²) in [6, 6.07) is 0. The molecular formula is C20H27F5O4. The topological polar surface area (TPSA) is 44.8 Å². The number of ether oxygens (including phenoxy) is 3. The van der Waals surface area contributed by atoms with E-state index in [1.807, 2.05) is 13.8 Å². The summed E-state index contributed by atoms with van der Waals surface area (Å²) in [5, 5.41) is 0. The number of unbranched alkanes of at least 4 members (excludes halogenated alkanes) is 4. The normalized spacial score (nSPS) is 12.2. The van der Waals surface area contributed by atoms with Crippen LogP contribution in [0.3, 0.4) is 0 Å². The molecule has 0 heterocycles. The molecule has 0 radical (unpaired) electrons. The summed E-state index contributed by atoms with van der Waals surface area (Å²) in [5.74, 6) is -12.9. The zero-order valence-corrected chi connectivity index (χ0v) is 16.7. The van der Waals surface area contributed by atoms with E-state index in [0.29, 0.717) is 13.2 Å². The Morgan fingerprint density at radius 2 is 1.28 bits per heavy atom. The van der Waals surface area contributed by atoms with E-state index in [2.05, 4.69) is 0 Å². The summed E-state index contributed by atoms with van der Waals surface area (Å²) >= 11 is 0. The number of rotatable bonds is 14. The van der Waals surface area contributed by atoms with E-state index in [-0.39, 0.29) is 6.61 Å². The van der Waals surface area contributed by atoms with Gasteiger partial charge in [-0.2, -0.15) is 0 Å². The zero-order chi connectivity index (χ0) is 21.8. The van der Waals surface area contributed by atoms with Gasteiger partial charge in [0.15, 0.2) is 23.3 Å². The Balaban J connectivity index is 2.72. The number of carbonyl (C=O) groups is 1. The SMILES string of the molecule is CCCCCOC[C@H](COC(=O)c1c(F)c(F)c(F)c(F)c1F)OCCCCC. The van der Waals surface area contributed by atoms with Crippen molar-refractivity contribution in [2.24, 2.45) is 0 Å². The summed E-state index contributed by atoms with van der Waals surface area (Å²) in [7, 11) is 0. The van der Waals surface area contributed by atoms with Gasteiger partial charge in [-0.3, -0.25) is 0 Å². The molecular weight excluding hydrogens is 399 g/mol. The number of hydrogen-bond donors (Lipinski definition) is 0. The molecule has 0 aliphatic heterocycles. The Kier molecular flexibility index (Phi) is 11.8. The average Bonchev–Trinajstić information content (AvgIpc) is 2.71. The Hall–Kier alpha value is -1.74. The molecule has 0 aromatic heterocycles. The predicted molar refractivity (Wildman–Crippen MR) is 96.1 cm³/mol. The van der Waals surface area contributed by atoms with Gasteiger partial charge in [-0.1, -0.05) is 39.5 Å². The van der Waals surface area contributed by atoms with E-state index in [0.717, 1.165) is 38.5 Å². The lowest BCUT2D eigenvalue weighted by molar-refractivity contribution is -0.0513. The highest BCUT2D eigenvalue weighted by molar-refractivity contribution is 5.90. The fourth-order valence-electron chi connectivity index (χ4n) is 2.44. The van der Waals surface area contributed by atoms with E-state index in [1.54, 1.807) is 0 Å². The molecule has 1 rings (SSSR count).